The Balaban J connectivity index is 1.65. The molecule has 1 aromatic carbocycles. The first kappa shape index (κ1) is 19.0. The quantitative estimate of drug-likeness (QED) is 0.589. The number of furan rings is 1. The Morgan fingerprint density at radius 3 is 2.63 bits per heavy atom. The Morgan fingerprint density at radius 2 is 1.93 bits per heavy atom. The minimum Gasteiger partial charge on any atom is -0.486 e. The molecule has 0 saturated carbocycles. The predicted octanol–water partition coefficient (Wildman–Crippen LogP) is 4.92. The van der Waals surface area contributed by atoms with Gasteiger partial charge < -0.3 is 19.2 Å². The van der Waals surface area contributed by atoms with Crippen molar-refractivity contribution in [2.75, 3.05) is 12.4 Å². The second-order valence-corrected chi connectivity index (χ2v) is 7.25. The van der Waals surface area contributed by atoms with Crippen LogP contribution >= 0.6 is 22.9 Å². The third-order valence-corrected chi connectivity index (χ3v) is 4.79. The first-order chi connectivity index (χ1) is 13.0. The van der Waals surface area contributed by atoms with Crippen molar-refractivity contribution in [3.63, 3.8) is 0 Å². The number of esters is 1. The van der Waals surface area contributed by atoms with Gasteiger partial charge in [-0.3, -0.25) is 4.79 Å². The maximum Gasteiger partial charge on any atom is 0.340 e. The van der Waals surface area contributed by atoms with Crippen molar-refractivity contribution >= 4 is 39.8 Å². The Kier molecular flexibility index (Phi) is 5.83. The van der Waals surface area contributed by atoms with Crippen molar-refractivity contribution in [1.82, 2.24) is 0 Å². The van der Waals surface area contributed by atoms with Crippen molar-refractivity contribution in [3.8, 4) is 5.75 Å². The summed E-state index contributed by atoms with van der Waals surface area (Å²) in [6.07, 6.45) is 0. The summed E-state index contributed by atoms with van der Waals surface area (Å²) in [6.45, 7) is 2.01. The van der Waals surface area contributed by atoms with E-state index in [0.717, 1.165) is 4.88 Å². The van der Waals surface area contributed by atoms with Crippen LogP contribution in [0.1, 0.15) is 31.6 Å². The van der Waals surface area contributed by atoms with Crippen molar-refractivity contribution < 1.29 is 23.5 Å². The van der Waals surface area contributed by atoms with Gasteiger partial charge in [-0.2, -0.15) is 0 Å². The summed E-state index contributed by atoms with van der Waals surface area (Å²) in [6, 6.07) is 11.8. The molecule has 8 heteroatoms. The van der Waals surface area contributed by atoms with Gasteiger partial charge in [0.15, 0.2) is 5.76 Å². The molecule has 0 aliphatic heterocycles. The zero-order valence-electron chi connectivity index (χ0n) is 14.6. The number of ether oxygens (including phenoxy) is 2. The van der Waals surface area contributed by atoms with E-state index >= 15 is 0 Å². The largest absolute Gasteiger partial charge is 0.486 e. The number of benzene rings is 1. The van der Waals surface area contributed by atoms with E-state index in [9.17, 15) is 9.59 Å². The van der Waals surface area contributed by atoms with Gasteiger partial charge in [0, 0.05) is 9.90 Å². The fourth-order valence-corrected chi connectivity index (χ4v) is 3.32. The number of carbonyl (C=O) groups is 2. The highest BCUT2D eigenvalue weighted by Gasteiger charge is 2.19. The lowest BCUT2D eigenvalue weighted by Crippen LogP contribution is -2.13. The molecule has 1 amide bonds. The smallest absolute Gasteiger partial charge is 0.340 e. The molecule has 3 rings (SSSR count). The number of thiophene rings is 1. The van der Waals surface area contributed by atoms with Gasteiger partial charge in [-0.15, -0.1) is 11.3 Å². The molecule has 0 unspecified atom stereocenters. The molecule has 0 spiro atoms. The highest BCUT2D eigenvalue weighted by molar-refractivity contribution is 7.16. The van der Waals surface area contributed by atoms with Crippen LogP contribution in [0.4, 0.5) is 5.00 Å². The fraction of sp³-hybridized carbons (Fsp3) is 0.158. The molecular weight excluding hydrogens is 390 g/mol. The number of hydrogen-bond acceptors (Lipinski definition) is 6. The minimum absolute atomic E-state index is 0.117. The van der Waals surface area contributed by atoms with E-state index in [2.05, 4.69) is 5.32 Å². The minimum atomic E-state index is -0.508. The number of amides is 1. The lowest BCUT2D eigenvalue weighted by atomic mass is 10.3. The van der Waals surface area contributed by atoms with E-state index in [0.29, 0.717) is 27.1 Å². The van der Waals surface area contributed by atoms with Crippen molar-refractivity contribution in [2.24, 2.45) is 0 Å². The molecule has 2 heterocycles. The molecule has 0 bridgehead atoms. The number of halogens is 1. The summed E-state index contributed by atoms with van der Waals surface area (Å²) in [5, 5.41) is 3.72. The molecule has 0 saturated heterocycles. The molecule has 140 valence electrons. The second-order valence-electron chi connectivity index (χ2n) is 5.55. The van der Waals surface area contributed by atoms with E-state index in [-0.39, 0.29) is 12.4 Å². The third kappa shape index (κ3) is 4.69. The number of anilines is 1. The Morgan fingerprint density at radius 1 is 1.19 bits per heavy atom. The molecule has 0 aliphatic carbocycles. The summed E-state index contributed by atoms with van der Waals surface area (Å²) in [7, 11) is 1.29. The number of nitrogens with one attached hydrogen (secondary N) is 1. The monoisotopic (exact) mass is 405 g/mol. The lowest BCUT2D eigenvalue weighted by Gasteiger charge is -2.05. The fourth-order valence-electron chi connectivity index (χ4n) is 2.30. The molecule has 0 aliphatic rings. The SMILES string of the molecule is COC(=O)c1cc(C)sc1NC(=O)c1ccc(COc2ccc(Cl)cc2)o1. The summed E-state index contributed by atoms with van der Waals surface area (Å²) in [5.41, 5.74) is 0.311. The molecule has 1 N–H and O–H groups in total. The van der Waals surface area contributed by atoms with Crippen LogP contribution in [0, 0.1) is 6.92 Å². The van der Waals surface area contributed by atoms with Crippen LogP contribution in [-0.4, -0.2) is 19.0 Å². The summed E-state index contributed by atoms with van der Waals surface area (Å²) < 4.78 is 15.8. The van der Waals surface area contributed by atoms with Crippen LogP contribution in [-0.2, 0) is 11.3 Å². The van der Waals surface area contributed by atoms with E-state index in [1.54, 1.807) is 42.5 Å². The number of aryl methyl sites for hydroxylation is 1. The molecule has 27 heavy (non-hydrogen) atoms. The number of carbonyl (C=O) groups excluding carboxylic acids is 2. The highest BCUT2D eigenvalue weighted by Crippen LogP contribution is 2.29. The van der Waals surface area contributed by atoms with Gasteiger partial charge in [-0.05, 0) is 49.4 Å². The highest BCUT2D eigenvalue weighted by atomic mass is 35.5. The van der Waals surface area contributed by atoms with E-state index < -0.39 is 11.9 Å². The van der Waals surface area contributed by atoms with Crippen molar-refractivity contribution in [3.05, 3.63) is 69.4 Å². The van der Waals surface area contributed by atoms with Gasteiger partial charge in [0.05, 0.1) is 12.7 Å². The third-order valence-electron chi connectivity index (χ3n) is 3.57. The van der Waals surface area contributed by atoms with Crippen LogP contribution in [0.15, 0.2) is 46.9 Å². The molecule has 6 nitrogen and oxygen atoms in total. The van der Waals surface area contributed by atoms with Crippen LogP contribution in [0.25, 0.3) is 0 Å². The number of rotatable bonds is 6. The average molecular weight is 406 g/mol. The lowest BCUT2D eigenvalue weighted by molar-refractivity contribution is 0.0602. The Hall–Kier alpha value is -2.77. The first-order valence-corrected chi connectivity index (χ1v) is 9.13. The normalized spacial score (nSPS) is 10.5. The predicted molar refractivity (Wildman–Crippen MR) is 103 cm³/mol. The summed E-state index contributed by atoms with van der Waals surface area (Å²) in [5.74, 6) is 0.279. The van der Waals surface area contributed by atoms with E-state index in [1.807, 2.05) is 6.92 Å². The zero-order valence-corrected chi connectivity index (χ0v) is 16.1. The van der Waals surface area contributed by atoms with Crippen LogP contribution in [0.5, 0.6) is 5.75 Å². The van der Waals surface area contributed by atoms with Gasteiger partial charge in [0.25, 0.3) is 5.91 Å². The zero-order chi connectivity index (χ0) is 19.4. The topological polar surface area (TPSA) is 77.8 Å². The number of methoxy groups -OCH3 is 1. The maximum atomic E-state index is 12.4. The van der Waals surface area contributed by atoms with Crippen molar-refractivity contribution in [2.45, 2.75) is 13.5 Å². The van der Waals surface area contributed by atoms with E-state index in [4.69, 9.17) is 25.5 Å². The van der Waals surface area contributed by atoms with Crippen LogP contribution in [0.3, 0.4) is 0 Å². The Bertz CT molecular complexity index is 961. The molecule has 0 atom stereocenters. The molecule has 0 fully saturated rings. The first-order valence-electron chi connectivity index (χ1n) is 7.93. The molecule has 2 aromatic heterocycles. The van der Waals surface area contributed by atoms with Gasteiger partial charge in [-0.25, -0.2) is 4.79 Å². The van der Waals surface area contributed by atoms with Gasteiger partial charge in [-0.1, -0.05) is 11.6 Å². The molecule has 0 radical (unpaired) electrons. The average Bonchev–Trinajstić information content (AvgIpc) is 3.27. The Labute approximate surface area is 164 Å². The van der Waals surface area contributed by atoms with Crippen LogP contribution in [0.2, 0.25) is 5.02 Å². The molecular formula is C19H16ClNO5S. The molecule has 3 aromatic rings. The van der Waals surface area contributed by atoms with Crippen LogP contribution < -0.4 is 10.1 Å². The maximum absolute atomic E-state index is 12.4. The van der Waals surface area contributed by atoms with Gasteiger partial charge >= 0.3 is 5.97 Å². The second kappa shape index (κ2) is 8.28. The summed E-state index contributed by atoms with van der Waals surface area (Å²) in [4.78, 5) is 25.1. The number of hydrogen-bond donors (Lipinski definition) is 1. The standard InChI is InChI=1S/C19H16ClNO5S/c1-11-9-15(19(23)24-2)18(27-11)21-17(22)16-8-7-14(26-16)10-25-13-5-3-12(20)4-6-13/h3-9H,10H2,1-2H3,(H,21,22). The van der Waals surface area contributed by atoms with Gasteiger partial charge in [0.1, 0.15) is 23.1 Å². The van der Waals surface area contributed by atoms with Gasteiger partial charge in [0.2, 0.25) is 0 Å². The summed E-state index contributed by atoms with van der Waals surface area (Å²) >= 11 is 7.11. The van der Waals surface area contributed by atoms with Crippen molar-refractivity contribution in [1.29, 1.82) is 0 Å². The van der Waals surface area contributed by atoms with E-state index in [1.165, 1.54) is 18.4 Å².